The van der Waals surface area contributed by atoms with Crippen LogP contribution in [-0.4, -0.2) is 83.4 Å². The van der Waals surface area contributed by atoms with Crippen LogP contribution in [0.25, 0.3) is 11.0 Å². The number of esters is 1. The van der Waals surface area contributed by atoms with Crippen LogP contribution in [0.4, 0.5) is 25.1 Å². The molecule has 0 radical (unpaired) electrons. The lowest BCUT2D eigenvalue weighted by Gasteiger charge is -2.25. The number of alkyl halides is 2. The molecule has 0 fully saturated rings. The number of rotatable bonds is 13. The molecule has 3 N–H and O–H groups in total. The van der Waals surface area contributed by atoms with Crippen molar-refractivity contribution in [3.63, 3.8) is 0 Å². The van der Waals surface area contributed by atoms with Crippen LogP contribution in [0.1, 0.15) is 53.5 Å². The maximum absolute atomic E-state index is 13.0. The fourth-order valence-corrected chi connectivity index (χ4v) is 4.21. The third kappa shape index (κ3) is 10.8. The van der Waals surface area contributed by atoms with E-state index in [1.54, 1.807) is 38.8 Å². The summed E-state index contributed by atoms with van der Waals surface area (Å²) in [5, 5.41) is 4.02. The smallest absolute Gasteiger partial charge is 0.410 e. The molecule has 12 nitrogen and oxygen atoms in total. The largest absolute Gasteiger partial charge is 0.478 e. The summed E-state index contributed by atoms with van der Waals surface area (Å²) >= 11 is 0. The minimum atomic E-state index is -3.08. The normalized spacial score (nSPS) is 12.0. The van der Waals surface area contributed by atoms with Crippen LogP contribution in [0.15, 0.2) is 30.7 Å². The predicted octanol–water partition coefficient (Wildman–Crippen LogP) is 5.13. The first-order chi connectivity index (χ1) is 20.5. The van der Waals surface area contributed by atoms with Gasteiger partial charge in [0, 0.05) is 37.5 Å². The summed E-state index contributed by atoms with van der Waals surface area (Å²) in [6, 6.07) is 4.32. The molecule has 1 aromatic carbocycles. The van der Waals surface area contributed by atoms with Crippen molar-refractivity contribution in [2.75, 3.05) is 39.1 Å². The first kappa shape index (κ1) is 34.3. The summed E-state index contributed by atoms with van der Waals surface area (Å²) in [5.74, 6) is -0.438. The van der Waals surface area contributed by atoms with Gasteiger partial charge in [0.05, 0.1) is 6.20 Å². The lowest BCUT2D eigenvalue weighted by Crippen LogP contribution is -2.35. The number of hydrogen-bond acceptors (Lipinski definition) is 9. The van der Waals surface area contributed by atoms with Gasteiger partial charge in [-0.2, -0.15) is 8.78 Å². The van der Waals surface area contributed by atoms with Crippen LogP contribution in [0.3, 0.4) is 0 Å². The van der Waals surface area contributed by atoms with Crippen molar-refractivity contribution in [3.05, 3.63) is 36.3 Å². The maximum atomic E-state index is 13.0. The number of carbonyl (C=O) groups excluding carboxylic acids is 2. The molecule has 14 heteroatoms. The van der Waals surface area contributed by atoms with Crippen molar-refractivity contribution in [1.82, 2.24) is 19.8 Å². The highest BCUT2D eigenvalue weighted by Gasteiger charge is 2.22. The molecule has 0 spiro atoms. The zero-order chi connectivity index (χ0) is 32.7. The lowest BCUT2D eigenvalue weighted by atomic mass is 10.2. The number of carbonyl (C=O) groups is 2. The van der Waals surface area contributed by atoms with Crippen LogP contribution in [-0.2, 0) is 20.8 Å². The number of halogens is 2. The number of H-pyrrole nitrogens is 2. The molecular formula is C30H43F2N6O6+. The Morgan fingerprint density at radius 1 is 1.05 bits per heavy atom. The Kier molecular flexibility index (Phi) is 11.3. The molecule has 242 valence electrons. The molecule has 0 saturated carbocycles. The molecule has 0 saturated heterocycles. The van der Waals surface area contributed by atoms with Crippen LogP contribution in [0.5, 0.6) is 11.5 Å². The molecule has 1 amide bonds. The van der Waals surface area contributed by atoms with E-state index < -0.39 is 30.4 Å². The van der Waals surface area contributed by atoms with Gasteiger partial charge in [0.25, 0.3) is 0 Å². The number of anilines is 2. The van der Waals surface area contributed by atoms with E-state index >= 15 is 0 Å². The van der Waals surface area contributed by atoms with Gasteiger partial charge in [0.1, 0.15) is 16.6 Å². The molecule has 0 unspecified atom stereocenters. The van der Waals surface area contributed by atoms with Crippen molar-refractivity contribution in [2.24, 2.45) is 0 Å². The Morgan fingerprint density at radius 2 is 1.75 bits per heavy atom. The van der Waals surface area contributed by atoms with Gasteiger partial charge >= 0.3 is 18.7 Å². The second-order valence-electron chi connectivity index (χ2n) is 12.3. The van der Waals surface area contributed by atoms with Gasteiger partial charge in [-0.15, -0.1) is 0 Å². The van der Waals surface area contributed by atoms with Gasteiger partial charge in [0.15, 0.2) is 18.1 Å². The number of amides is 1. The number of fused-ring (bicyclic) bond motifs is 1. The summed E-state index contributed by atoms with van der Waals surface area (Å²) in [4.78, 5) is 38.9. The Balaban J connectivity index is 1.72. The second-order valence-corrected chi connectivity index (χ2v) is 12.3. The number of benzene rings is 1. The summed E-state index contributed by atoms with van der Waals surface area (Å²) < 4.78 is 46.8. The quantitative estimate of drug-likeness (QED) is 0.249. The molecule has 0 aliphatic rings. The van der Waals surface area contributed by atoms with Gasteiger partial charge in [-0.25, -0.2) is 14.6 Å². The van der Waals surface area contributed by atoms with Crippen LogP contribution < -0.4 is 19.8 Å². The van der Waals surface area contributed by atoms with E-state index in [9.17, 15) is 18.4 Å². The Bertz CT molecular complexity index is 1420. The van der Waals surface area contributed by atoms with Gasteiger partial charge < -0.3 is 34.1 Å². The van der Waals surface area contributed by atoms with E-state index in [0.29, 0.717) is 24.6 Å². The molecule has 0 atom stereocenters. The fourth-order valence-electron chi connectivity index (χ4n) is 4.21. The highest BCUT2D eigenvalue weighted by atomic mass is 19.3. The Hall–Kier alpha value is -4.20. The summed E-state index contributed by atoms with van der Waals surface area (Å²) in [7, 11) is 3.70. The minimum absolute atomic E-state index is 0.0646. The number of aromatic nitrogens is 3. The number of hydrogen-bond donors (Lipinski definition) is 2. The molecule has 44 heavy (non-hydrogen) atoms. The van der Waals surface area contributed by atoms with Gasteiger partial charge in [-0.1, -0.05) is 4.98 Å². The van der Waals surface area contributed by atoms with Crippen molar-refractivity contribution in [3.8, 4) is 11.5 Å². The van der Waals surface area contributed by atoms with Crippen LogP contribution in [0, 0.1) is 0 Å². The van der Waals surface area contributed by atoms with Gasteiger partial charge in [0.2, 0.25) is 17.8 Å². The first-order valence-electron chi connectivity index (χ1n) is 14.2. The number of ether oxygens (including phenoxy) is 4. The monoisotopic (exact) mass is 621 g/mol. The van der Waals surface area contributed by atoms with E-state index in [0.717, 1.165) is 29.6 Å². The third-order valence-electron chi connectivity index (χ3n) is 5.97. The van der Waals surface area contributed by atoms with Crippen molar-refractivity contribution >= 4 is 34.6 Å². The zero-order valence-corrected chi connectivity index (χ0v) is 26.5. The maximum Gasteiger partial charge on any atom is 0.410 e. The standard InChI is InChI=1S/C30H42F2N6O6/c1-29(2,3)43-23(39)17-41-22-14-20(10-11-21(22)42-27(31)32)36-26-24-19(15-33-25(24)34-18-35-26)16-37(7)12-9-13-38(8)28(40)44-30(4,5)6/h10-11,14-15,18,27H,9,12-13,16-17H2,1-8H3,(H2,33,34,35,36)/p+1. The molecule has 0 bridgehead atoms. The highest BCUT2D eigenvalue weighted by molar-refractivity contribution is 5.90. The third-order valence-corrected chi connectivity index (χ3v) is 5.97. The number of nitrogens with one attached hydrogen (secondary N) is 3. The molecular weight excluding hydrogens is 578 g/mol. The summed E-state index contributed by atoms with van der Waals surface area (Å²) in [5.41, 5.74) is 0.872. The van der Waals surface area contributed by atoms with E-state index in [4.69, 9.17) is 14.2 Å². The highest BCUT2D eigenvalue weighted by Crippen LogP contribution is 2.34. The average Bonchev–Trinajstić information content (AvgIpc) is 3.29. The fraction of sp³-hybridized carbons (Fsp3) is 0.533. The van der Waals surface area contributed by atoms with Crippen LogP contribution in [0.2, 0.25) is 0 Å². The van der Waals surface area contributed by atoms with Crippen molar-refractivity contribution in [1.29, 1.82) is 0 Å². The Morgan fingerprint density at radius 3 is 2.41 bits per heavy atom. The van der Waals surface area contributed by atoms with E-state index in [1.807, 2.05) is 34.0 Å². The van der Waals surface area contributed by atoms with E-state index in [1.165, 1.54) is 18.5 Å². The molecule has 3 rings (SSSR count). The van der Waals surface area contributed by atoms with E-state index in [2.05, 4.69) is 29.9 Å². The minimum Gasteiger partial charge on any atom is -0.478 e. The molecule has 0 aliphatic carbocycles. The number of aromatic amines is 2. The molecule has 2 heterocycles. The molecule has 3 aromatic rings. The van der Waals surface area contributed by atoms with Crippen LogP contribution >= 0.6 is 0 Å². The first-order valence-corrected chi connectivity index (χ1v) is 14.2. The number of nitrogens with zero attached hydrogens (tertiary/aromatic N) is 3. The molecule has 0 aliphatic heterocycles. The summed E-state index contributed by atoms with van der Waals surface area (Å²) in [6.07, 6.45) is 3.78. The van der Waals surface area contributed by atoms with E-state index in [-0.39, 0.29) is 17.6 Å². The average molecular weight is 622 g/mol. The topological polar surface area (TPSA) is 132 Å². The zero-order valence-electron chi connectivity index (χ0n) is 26.5. The predicted molar refractivity (Wildman–Crippen MR) is 160 cm³/mol. The van der Waals surface area contributed by atoms with Gasteiger partial charge in [-0.3, -0.25) is 4.98 Å². The Labute approximate surface area is 256 Å². The van der Waals surface area contributed by atoms with Crippen molar-refractivity contribution in [2.45, 2.75) is 72.3 Å². The SMILES string of the molecule is CN(CCCN(C)C(=O)OC(C)(C)C)Cc1c[nH]c2[nH+]cnc(Nc3ccc(OC(F)F)c(OCC(=O)OC(C)(C)C)c3)c12. The molecule has 2 aromatic heterocycles. The summed E-state index contributed by atoms with van der Waals surface area (Å²) in [6.45, 7) is 8.90. The lowest BCUT2D eigenvalue weighted by molar-refractivity contribution is -0.352. The second kappa shape index (κ2) is 14.5. The van der Waals surface area contributed by atoms with Gasteiger partial charge in [-0.05, 0) is 73.7 Å². The van der Waals surface area contributed by atoms with Crippen molar-refractivity contribution < 1.29 is 42.3 Å².